The molecule has 0 radical (unpaired) electrons. The predicted molar refractivity (Wildman–Crippen MR) is 73.0 cm³/mol. The number of ether oxygens (including phenoxy) is 2. The number of rotatable bonds is 2. The number of carbonyl (C=O) groups is 1. The van der Waals surface area contributed by atoms with Gasteiger partial charge in [-0.2, -0.15) is 0 Å². The number of benzene rings is 2. The minimum Gasteiger partial charge on any atom is -0.492 e. The SMILES string of the molecule is O=C1CCOc2cc(-c3ccccc3OC(F)(F)F)ccc21. The molecule has 1 aliphatic heterocycles. The average Bonchev–Trinajstić information content (AvgIpc) is 2.46. The predicted octanol–water partition coefficient (Wildman–Crippen LogP) is 4.22. The van der Waals surface area contributed by atoms with E-state index in [-0.39, 0.29) is 23.7 Å². The molecule has 0 fully saturated rings. The third-order valence-corrected chi connectivity index (χ3v) is 3.29. The molecule has 0 bridgehead atoms. The number of hydrogen-bond acceptors (Lipinski definition) is 3. The van der Waals surface area contributed by atoms with Crippen molar-refractivity contribution in [3.63, 3.8) is 0 Å². The highest BCUT2D eigenvalue weighted by atomic mass is 19.4. The van der Waals surface area contributed by atoms with Gasteiger partial charge >= 0.3 is 6.36 Å². The first-order chi connectivity index (χ1) is 10.4. The zero-order chi connectivity index (χ0) is 15.7. The first-order valence-corrected chi connectivity index (χ1v) is 6.59. The van der Waals surface area contributed by atoms with Crippen LogP contribution in [0.5, 0.6) is 11.5 Å². The van der Waals surface area contributed by atoms with Gasteiger partial charge in [0, 0.05) is 12.0 Å². The maximum Gasteiger partial charge on any atom is 0.573 e. The normalized spacial score (nSPS) is 14.2. The molecule has 2 aromatic rings. The van der Waals surface area contributed by atoms with Crippen molar-refractivity contribution in [1.82, 2.24) is 0 Å². The van der Waals surface area contributed by atoms with Crippen LogP contribution in [0.2, 0.25) is 0 Å². The Hall–Kier alpha value is -2.50. The lowest BCUT2D eigenvalue weighted by Gasteiger charge is -2.18. The topological polar surface area (TPSA) is 35.5 Å². The second-order valence-electron chi connectivity index (χ2n) is 4.78. The van der Waals surface area contributed by atoms with Crippen LogP contribution in [-0.4, -0.2) is 18.8 Å². The zero-order valence-corrected chi connectivity index (χ0v) is 11.3. The van der Waals surface area contributed by atoms with E-state index in [1.165, 1.54) is 18.2 Å². The summed E-state index contributed by atoms with van der Waals surface area (Å²) in [5.74, 6) is 0.0558. The molecule has 0 amide bonds. The van der Waals surface area contributed by atoms with Crippen LogP contribution in [0.1, 0.15) is 16.8 Å². The van der Waals surface area contributed by atoms with Gasteiger partial charge in [0.2, 0.25) is 0 Å². The maximum absolute atomic E-state index is 12.5. The Morgan fingerprint density at radius 3 is 2.59 bits per heavy atom. The van der Waals surface area contributed by atoms with Crippen LogP contribution in [0.4, 0.5) is 13.2 Å². The molecule has 3 nitrogen and oxygen atoms in total. The lowest BCUT2D eigenvalue weighted by atomic mass is 9.98. The highest BCUT2D eigenvalue weighted by Gasteiger charge is 2.32. The van der Waals surface area contributed by atoms with Gasteiger partial charge in [-0.05, 0) is 23.8 Å². The van der Waals surface area contributed by atoms with E-state index >= 15 is 0 Å². The number of hydrogen-bond donors (Lipinski definition) is 0. The number of alkyl halides is 3. The largest absolute Gasteiger partial charge is 0.573 e. The highest BCUT2D eigenvalue weighted by Crippen LogP contribution is 2.37. The lowest BCUT2D eigenvalue weighted by molar-refractivity contribution is -0.274. The number of Topliss-reactive ketones (excluding diaryl/α,β-unsaturated/α-hetero) is 1. The Kier molecular flexibility index (Phi) is 3.52. The van der Waals surface area contributed by atoms with Gasteiger partial charge < -0.3 is 9.47 Å². The van der Waals surface area contributed by atoms with E-state index in [1.54, 1.807) is 24.3 Å². The van der Waals surface area contributed by atoms with Gasteiger partial charge in [0.25, 0.3) is 0 Å². The highest BCUT2D eigenvalue weighted by molar-refractivity contribution is 6.00. The summed E-state index contributed by atoms with van der Waals surface area (Å²) in [5, 5.41) is 0. The molecule has 114 valence electrons. The Balaban J connectivity index is 2.03. The van der Waals surface area contributed by atoms with Crippen molar-refractivity contribution in [1.29, 1.82) is 0 Å². The van der Waals surface area contributed by atoms with E-state index in [2.05, 4.69) is 4.74 Å². The van der Waals surface area contributed by atoms with E-state index in [0.29, 0.717) is 23.3 Å². The van der Waals surface area contributed by atoms with Crippen molar-refractivity contribution < 1.29 is 27.4 Å². The maximum atomic E-state index is 12.5. The summed E-state index contributed by atoms with van der Waals surface area (Å²) in [6.07, 6.45) is -4.46. The lowest BCUT2D eigenvalue weighted by Crippen LogP contribution is -2.17. The van der Waals surface area contributed by atoms with Gasteiger partial charge in [0.05, 0.1) is 12.2 Å². The zero-order valence-electron chi connectivity index (χ0n) is 11.3. The van der Waals surface area contributed by atoms with Crippen LogP contribution < -0.4 is 9.47 Å². The molecule has 0 atom stereocenters. The van der Waals surface area contributed by atoms with Crippen LogP contribution in [0.3, 0.4) is 0 Å². The quantitative estimate of drug-likeness (QED) is 0.833. The van der Waals surface area contributed by atoms with E-state index in [1.807, 2.05) is 0 Å². The number of para-hydroxylation sites is 1. The van der Waals surface area contributed by atoms with Crippen LogP contribution in [0, 0.1) is 0 Å². The van der Waals surface area contributed by atoms with Gasteiger partial charge in [0.15, 0.2) is 5.78 Å². The van der Waals surface area contributed by atoms with E-state index in [0.717, 1.165) is 0 Å². The minimum absolute atomic E-state index is 0.0346. The van der Waals surface area contributed by atoms with Gasteiger partial charge in [-0.1, -0.05) is 24.3 Å². The van der Waals surface area contributed by atoms with Crippen molar-refractivity contribution in [2.75, 3.05) is 6.61 Å². The molecule has 0 aliphatic carbocycles. The van der Waals surface area contributed by atoms with Crippen LogP contribution in [0.15, 0.2) is 42.5 Å². The summed E-state index contributed by atoms with van der Waals surface area (Å²) < 4.78 is 46.9. The van der Waals surface area contributed by atoms with Gasteiger partial charge in [-0.25, -0.2) is 0 Å². The molecular weight excluding hydrogens is 297 g/mol. The number of ketones is 1. The Morgan fingerprint density at radius 2 is 1.82 bits per heavy atom. The van der Waals surface area contributed by atoms with Gasteiger partial charge in [0.1, 0.15) is 11.5 Å². The second kappa shape index (κ2) is 5.36. The minimum atomic E-state index is -4.77. The molecule has 0 saturated heterocycles. The fourth-order valence-corrected chi connectivity index (χ4v) is 2.35. The van der Waals surface area contributed by atoms with E-state index in [9.17, 15) is 18.0 Å². The van der Waals surface area contributed by atoms with Gasteiger partial charge in [-0.15, -0.1) is 13.2 Å². The van der Waals surface area contributed by atoms with Crippen molar-refractivity contribution in [3.05, 3.63) is 48.0 Å². The summed E-state index contributed by atoms with van der Waals surface area (Å²) in [6.45, 7) is 0.274. The van der Waals surface area contributed by atoms with Crippen LogP contribution in [-0.2, 0) is 0 Å². The molecule has 2 aromatic carbocycles. The molecule has 0 N–H and O–H groups in total. The Labute approximate surface area is 124 Å². The van der Waals surface area contributed by atoms with Crippen molar-refractivity contribution in [2.45, 2.75) is 12.8 Å². The summed E-state index contributed by atoms with van der Waals surface area (Å²) in [7, 11) is 0. The summed E-state index contributed by atoms with van der Waals surface area (Å²) >= 11 is 0. The third-order valence-electron chi connectivity index (χ3n) is 3.29. The van der Waals surface area contributed by atoms with Crippen molar-refractivity contribution in [2.24, 2.45) is 0 Å². The Bertz CT molecular complexity index is 723. The molecule has 0 spiro atoms. The summed E-state index contributed by atoms with van der Waals surface area (Å²) in [4.78, 5) is 11.7. The molecule has 1 aliphatic rings. The molecule has 1 heterocycles. The van der Waals surface area contributed by atoms with E-state index in [4.69, 9.17) is 4.74 Å². The summed E-state index contributed by atoms with van der Waals surface area (Å²) in [5.41, 5.74) is 1.22. The first kappa shape index (κ1) is 14.4. The monoisotopic (exact) mass is 308 g/mol. The molecular formula is C16H11F3O3. The van der Waals surface area contributed by atoms with Crippen molar-refractivity contribution in [3.8, 4) is 22.6 Å². The molecule has 0 unspecified atom stereocenters. The molecule has 0 saturated carbocycles. The fraction of sp³-hybridized carbons (Fsp3) is 0.188. The number of carbonyl (C=O) groups excluding carboxylic acids is 1. The Morgan fingerprint density at radius 1 is 1.05 bits per heavy atom. The standard InChI is InChI=1S/C16H11F3O3/c17-16(18,19)22-14-4-2-1-3-11(14)10-5-6-12-13(20)7-8-21-15(12)9-10/h1-6,9H,7-8H2. The molecule has 0 aromatic heterocycles. The van der Waals surface area contributed by atoms with Crippen molar-refractivity contribution >= 4 is 5.78 Å². The molecule has 6 heteroatoms. The third kappa shape index (κ3) is 2.90. The van der Waals surface area contributed by atoms with Crippen LogP contribution >= 0.6 is 0 Å². The molecule has 22 heavy (non-hydrogen) atoms. The first-order valence-electron chi connectivity index (χ1n) is 6.59. The number of halogens is 3. The van der Waals surface area contributed by atoms with E-state index < -0.39 is 6.36 Å². The smallest absolute Gasteiger partial charge is 0.492 e. The second-order valence-corrected chi connectivity index (χ2v) is 4.78. The van der Waals surface area contributed by atoms with Crippen LogP contribution in [0.25, 0.3) is 11.1 Å². The fourth-order valence-electron chi connectivity index (χ4n) is 2.35. The average molecular weight is 308 g/mol. The number of fused-ring (bicyclic) bond motifs is 1. The van der Waals surface area contributed by atoms with Gasteiger partial charge in [-0.3, -0.25) is 4.79 Å². The molecule has 3 rings (SSSR count). The summed E-state index contributed by atoms with van der Waals surface area (Å²) in [6, 6.07) is 10.6.